The van der Waals surface area contributed by atoms with Crippen molar-refractivity contribution in [2.75, 3.05) is 0 Å². The van der Waals surface area contributed by atoms with Gasteiger partial charge in [0.25, 0.3) is 0 Å². The summed E-state index contributed by atoms with van der Waals surface area (Å²) in [5, 5.41) is 0. The van der Waals surface area contributed by atoms with E-state index in [1.807, 2.05) is 60.7 Å². The Morgan fingerprint density at radius 2 is 0.914 bits per heavy atom. The van der Waals surface area contributed by atoms with E-state index < -0.39 is 17.6 Å². The van der Waals surface area contributed by atoms with Crippen LogP contribution in [0, 0.1) is 5.82 Å². The Balaban J connectivity index is 1.63. The van der Waals surface area contributed by atoms with Crippen molar-refractivity contribution >= 4 is 0 Å². The number of benzene rings is 4. The molecule has 0 bridgehead atoms. The highest BCUT2D eigenvalue weighted by atomic mass is 19.4. The predicted octanol–water partition coefficient (Wildman–Crippen LogP) is 7.70. The smallest absolute Gasteiger partial charge is 0.208 e. The molecule has 0 N–H and O–H groups in total. The van der Waals surface area contributed by atoms with Crippen molar-refractivity contribution in [1.82, 2.24) is 15.0 Å². The Labute approximate surface area is 198 Å². The van der Waals surface area contributed by atoms with Crippen molar-refractivity contribution in [1.29, 1.82) is 0 Å². The number of aromatic nitrogens is 3. The van der Waals surface area contributed by atoms with Crippen molar-refractivity contribution in [2.24, 2.45) is 0 Å². The minimum Gasteiger partial charge on any atom is -0.208 e. The van der Waals surface area contributed by atoms with Gasteiger partial charge >= 0.3 is 6.18 Å². The summed E-state index contributed by atoms with van der Waals surface area (Å²) in [5.74, 6) is 0.551. The molecule has 0 spiro atoms. The molecule has 0 atom stereocenters. The number of halogens is 4. The summed E-state index contributed by atoms with van der Waals surface area (Å²) in [6, 6.07) is 27.5. The number of hydrogen-bond donors (Lipinski definition) is 0. The van der Waals surface area contributed by atoms with Crippen LogP contribution in [0.15, 0.2) is 103 Å². The minimum absolute atomic E-state index is 0.255. The van der Waals surface area contributed by atoms with Crippen LogP contribution in [0.2, 0.25) is 0 Å². The van der Waals surface area contributed by atoms with Crippen LogP contribution in [0.5, 0.6) is 0 Å². The Morgan fingerprint density at radius 3 is 1.40 bits per heavy atom. The van der Waals surface area contributed by atoms with Crippen molar-refractivity contribution in [3.63, 3.8) is 0 Å². The Morgan fingerprint density at radius 1 is 0.457 bits per heavy atom. The van der Waals surface area contributed by atoms with Gasteiger partial charge in [0.05, 0.1) is 5.56 Å². The first-order chi connectivity index (χ1) is 16.9. The molecule has 4 aromatic carbocycles. The van der Waals surface area contributed by atoms with E-state index in [2.05, 4.69) is 15.0 Å². The van der Waals surface area contributed by atoms with Crippen LogP contribution in [0.1, 0.15) is 5.56 Å². The topological polar surface area (TPSA) is 38.7 Å². The molecule has 0 amide bonds. The molecule has 0 aliphatic carbocycles. The van der Waals surface area contributed by atoms with E-state index in [0.29, 0.717) is 28.3 Å². The lowest BCUT2D eigenvalue weighted by molar-refractivity contribution is -0.137. The highest BCUT2D eigenvalue weighted by molar-refractivity contribution is 5.72. The van der Waals surface area contributed by atoms with Crippen LogP contribution in [0.3, 0.4) is 0 Å². The minimum atomic E-state index is -4.45. The molecule has 0 fully saturated rings. The van der Waals surface area contributed by atoms with Gasteiger partial charge in [0.2, 0.25) is 0 Å². The van der Waals surface area contributed by atoms with Gasteiger partial charge in [-0.05, 0) is 41.5 Å². The van der Waals surface area contributed by atoms with Gasteiger partial charge in [0.15, 0.2) is 17.5 Å². The largest absolute Gasteiger partial charge is 0.416 e. The summed E-state index contributed by atoms with van der Waals surface area (Å²) in [4.78, 5) is 13.8. The van der Waals surface area contributed by atoms with Crippen LogP contribution < -0.4 is 0 Å². The summed E-state index contributed by atoms with van der Waals surface area (Å²) in [5.41, 5.74) is 2.02. The number of nitrogens with zero attached hydrogens (tertiary/aromatic N) is 3. The fraction of sp³-hybridized carbons (Fsp3) is 0.0357. The Bertz CT molecular complexity index is 1410. The first-order valence-corrected chi connectivity index (χ1v) is 10.7. The quantitative estimate of drug-likeness (QED) is 0.252. The van der Waals surface area contributed by atoms with E-state index in [0.717, 1.165) is 23.3 Å². The second kappa shape index (κ2) is 9.10. The van der Waals surface area contributed by atoms with Crippen LogP contribution in [0.4, 0.5) is 17.6 Å². The summed E-state index contributed by atoms with van der Waals surface area (Å²) in [6.45, 7) is 0. The van der Waals surface area contributed by atoms with Gasteiger partial charge in [0.1, 0.15) is 5.82 Å². The van der Waals surface area contributed by atoms with E-state index in [-0.39, 0.29) is 5.82 Å². The second-order valence-corrected chi connectivity index (χ2v) is 7.84. The Kier molecular flexibility index (Phi) is 5.82. The maximum absolute atomic E-state index is 14.7. The third-order valence-corrected chi connectivity index (χ3v) is 5.40. The van der Waals surface area contributed by atoms with E-state index >= 15 is 0 Å². The molecule has 172 valence electrons. The number of rotatable bonds is 4. The van der Waals surface area contributed by atoms with Gasteiger partial charge in [0, 0.05) is 16.7 Å². The molecule has 5 rings (SSSR count). The highest BCUT2D eigenvalue weighted by Gasteiger charge is 2.30. The van der Waals surface area contributed by atoms with Crippen molar-refractivity contribution in [2.45, 2.75) is 6.18 Å². The average molecular weight is 471 g/mol. The predicted molar refractivity (Wildman–Crippen MR) is 127 cm³/mol. The molecule has 3 nitrogen and oxygen atoms in total. The van der Waals surface area contributed by atoms with Gasteiger partial charge < -0.3 is 0 Å². The molecule has 0 saturated carbocycles. The molecule has 35 heavy (non-hydrogen) atoms. The van der Waals surface area contributed by atoms with Crippen molar-refractivity contribution in [3.8, 4) is 45.3 Å². The van der Waals surface area contributed by atoms with Crippen molar-refractivity contribution < 1.29 is 17.6 Å². The maximum Gasteiger partial charge on any atom is 0.416 e. The number of alkyl halides is 3. The lowest BCUT2D eigenvalue weighted by Crippen LogP contribution is -2.04. The Hall–Kier alpha value is -4.39. The maximum atomic E-state index is 14.7. The second-order valence-electron chi connectivity index (χ2n) is 7.84. The van der Waals surface area contributed by atoms with E-state index in [4.69, 9.17) is 0 Å². The monoisotopic (exact) mass is 471 g/mol. The molecule has 0 aliphatic rings. The zero-order valence-corrected chi connectivity index (χ0v) is 18.2. The molecule has 0 unspecified atom stereocenters. The summed E-state index contributed by atoms with van der Waals surface area (Å²) >= 11 is 0. The van der Waals surface area contributed by atoms with Crippen LogP contribution in [0.25, 0.3) is 45.3 Å². The fourth-order valence-electron chi connectivity index (χ4n) is 3.67. The third-order valence-electron chi connectivity index (χ3n) is 5.40. The molecular weight excluding hydrogens is 454 g/mol. The van der Waals surface area contributed by atoms with Crippen LogP contribution in [-0.2, 0) is 6.18 Å². The van der Waals surface area contributed by atoms with E-state index in [9.17, 15) is 17.6 Å². The molecule has 1 heterocycles. The summed E-state index contributed by atoms with van der Waals surface area (Å²) < 4.78 is 53.5. The van der Waals surface area contributed by atoms with Gasteiger partial charge in [-0.2, -0.15) is 13.2 Å². The van der Waals surface area contributed by atoms with Gasteiger partial charge in [-0.3, -0.25) is 0 Å². The highest BCUT2D eigenvalue weighted by Crippen LogP contribution is 2.33. The van der Waals surface area contributed by atoms with Crippen LogP contribution >= 0.6 is 0 Å². The lowest BCUT2D eigenvalue weighted by atomic mass is 10.0. The van der Waals surface area contributed by atoms with E-state index in [1.54, 1.807) is 6.07 Å². The molecule has 5 aromatic rings. The van der Waals surface area contributed by atoms with Crippen molar-refractivity contribution in [3.05, 3.63) is 115 Å². The molecule has 0 aliphatic heterocycles. The summed E-state index contributed by atoms with van der Waals surface area (Å²) in [7, 11) is 0. The molecule has 0 saturated heterocycles. The average Bonchev–Trinajstić information content (AvgIpc) is 2.89. The van der Waals surface area contributed by atoms with E-state index in [1.165, 1.54) is 24.3 Å². The first-order valence-electron chi connectivity index (χ1n) is 10.7. The first kappa shape index (κ1) is 22.4. The molecule has 7 heteroatoms. The van der Waals surface area contributed by atoms with Gasteiger partial charge in [-0.25, -0.2) is 19.3 Å². The molecular formula is C28H17F4N3. The van der Waals surface area contributed by atoms with Crippen LogP contribution in [-0.4, -0.2) is 15.0 Å². The standard InChI is InChI=1S/C28H17F4N3/c29-24-16-21(18-11-13-23(14-12-18)28(30,31)32)15-22(17-24)27-34-25(19-7-3-1-4-8-19)33-26(35-27)20-9-5-2-6-10-20/h1-17H. The van der Waals surface area contributed by atoms with Gasteiger partial charge in [-0.1, -0.05) is 72.8 Å². The zero-order valence-electron chi connectivity index (χ0n) is 18.2. The van der Waals surface area contributed by atoms with Gasteiger partial charge in [-0.15, -0.1) is 0 Å². The fourth-order valence-corrected chi connectivity index (χ4v) is 3.67. The SMILES string of the molecule is Fc1cc(-c2ccc(C(F)(F)F)cc2)cc(-c2nc(-c3ccccc3)nc(-c3ccccc3)n2)c1. The zero-order chi connectivity index (χ0) is 24.4. The third kappa shape index (κ3) is 4.94. The normalized spacial score (nSPS) is 11.4. The molecule has 0 radical (unpaired) electrons. The number of hydrogen-bond acceptors (Lipinski definition) is 3. The molecule has 1 aromatic heterocycles. The lowest BCUT2D eigenvalue weighted by Gasteiger charge is -2.11. The summed E-state index contributed by atoms with van der Waals surface area (Å²) in [6.07, 6.45) is -4.45.